The van der Waals surface area contributed by atoms with Crippen LogP contribution in [0.1, 0.15) is 17.2 Å². The van der Waals surface area contributed by atoms with Gasteiger partial charge in [0.05, 0.1) is 14.7 Å². The normalized spacial score (nSPS) is 12.1. The van der Waals surface area contributed by atoms with Crippen LogP contribution in [0, 0.1) is 11.6 Å². The van der Waals surface area contributed by atoms with Crippen LogP contribution in [0.15, 0.2) is 49.1 Å². The van der Waals surface area contributed by atoms with Crippen molar-refractivity contribution in [1.82, 2.24) is 5.32 Å². The average Bonchev–Trinajstić information content (AvgIpc) is 2.69. The average molecular weight is 463 g/mol. The summed E-state index contributed by atoms with van der Waals surface area (Å²) in [7, 11) is -0.699. The summed E-state index contributed by atoms with van der Waals surface area (Å²) in [4.78, 5) is 25.1. The lowest BCUT2D eigenvalue weighted by Crippen LogP contribution is -2.42. The van der Waals surface area contributed by atoms with Crippen molar-refractivity contribution in [3.63, 3.8) is 0 Å². The minimum absolute atomic E-state index is 0.0402. The second kappa shape index (κ2) is 11.0. The minimum Gasteiger partial charge on any atom is -0.445 e. The molecule has 0 saturated heterocycles. The van der Waals surface area contributed by atoms with Gasteiger partial charge in [-0.25, -0.2) is 13.6 Å². The van der Waals surface area contributed by atoms with Gasteiger partial charge in [-0.3, -0.25) is 4.79 Å². The standard InChI is InChI=1S/C23H28F2N2O4Si/c1-6-11-31-23(29)27-20(16-9-7-15(8-10-16)14-30-2)22(28)26-17-12-18(24)21(19(25)13-17)32(3,4)5/h6-10,12-13,20H,1,11,14H2,2-5H3,(H,26,28)(H,27,29)/t20-/m1/s1. The van der Waals surface area contributed by atoms with Crippen LogP contribution in [-0.4, -0.2) is 33.8 Å². The van der Waals surface area contributed by atoms with E-state index in [0.717, 1.165) is 17.7 Å². The first-order valence-corrected chi connectivity index (χ1v) is 13.5. The molecule has 0 aromatic heterocycles. The molecule has 0 fully saturated rings. The summed E-state index contributed by atoms with van der Waals surface area (Å²) in [6.07, 6.45) is 0.553. The quantitative estimate of drug-likeness (QED) is 0.432. The Labute approximate surface area is 187 Å². The molecule has 0 heterocycles. The van der Waals surface area contributed by atoms with Crippen molar-refractivity contribution in [3.05, 3.63) is 71.8 Å². The van der Waals surface area contributed by atoms with E-state index in [1.165, 1.54) is 6.08 Å². The van der Waals surface area contributed by atoms with Gasteiger partial charge in [0, 0.05) is 18.0 Å². The van der Waals surface area contributed by atoms with Gasteiger partial charge in [-0.1, -0.05) is 56.6 Å². The number of hydrogen-bond donors (Lipinski definition) is 2. The van der Waals surface area contributed by atoms with E-state index >= 15 is 0 Å². The Kier molecular flexibility index (Phi) is 8.68. The van der Waals surface area contributed by atoms with Crippen molar-refractivity contribution < 1.29 is 27.8 Å². The van der Waals surface area contributed by atoms with Crippen molar-refractivity contribution in [2.75, 3.05) is 19.0 Å². The molecular formula is C23H28F2N2O4Si. The summed E-state index contributed by atoms with van der Waals surface area (Å²) >= 11 is 0. The highest BCUT2D eigenvalue weighted by Gasteiger charge is 2.28. The van der Waals surface area contributed by atoms with Crippen LogP contribution in [0.5, 0.6) is 0 Å². The summed E-state index contributed by atoms with van der Waals surface area (Å²) in [5.74, 6) is -2.10. The minimum atomic E-state index is -2.26. The van der Waals surface area contributed by atoms with Crippen LogP contribution in [-0.2, 0) is 20.9 Å². The van der Waals surface area contributed by atoms with Crippen LogP contribution < -0.4 is 15.8 Å². The van der Waals surface area contributed by atoms with E-state index in [0.29, 0.717) is 12.2 Å². The lowest BCUT2D eigenvalue weighted by molar-refractivity contribution is -0.118. The smallest absolute Gasteiger partial charge is 0.408 e. The van der Waals surface area contributed by atoms with Gasteiger partial charge in [-0.05, 0) is 23.3 Å². The molecule has 6 nitrogen and oxygen atoms in total. The van der Waals surface area contributed by atoms with E-state index in [-0.39, 0.29) is 17.5 Å². The molecule has 0 unspecified atom stereocenters. The highest BCUT2D eigenvalue weighted by Crippen LogP contribution is 2.20. The predicted molar refractivity (Wildman–Crippen MR) is 123 cm³/mol. The Morgan fingerprint density at radius 3 is 2.22 bits per heavy atom. The molecule has 0 spiro atoms. The number of benzene rings is 2. The second-order valence-electron chi connectivity index (χ2n) is 8.19. The number of rotatable bonds is 9. The lowest BCUT2D eigenvalue weighted by atomic mass is 10.0. The van der Waals surface area contributed by atoms with Crippen molar-refractivity contribution in [1.29, 1.82) is 0 Å². The summed E-state index contributed by atoms with van der Waals surface area (Å²) in [5, 5.41) is 5.02. The SMILES string of the molecule is C=CCOC(=O)N[C@@H](C(=O)Nc1cc(F)c([Si](C)(C)C)c(F)c1)c1ccc(COC)cc1. The van der Waals surface area contributed by atoms with E-state index < -0.39 is 37.8 Å². The first kappa shape index (κ1) is 25.2. The Balaban J connectivity index is 2.31. The monoisotopic (exact) mass is 462 g/mol. The fraction of sp³-hybridized carbons (Fsp3) is 0.304. The molecule has 0 aliphatic carbocycles. The number of methoxy groups -OCH3 is 1. The third kappa shape index (κ3) is 6.73. The molecule has 2 N–H and O–H groups in total. The number of halogens is 2. The number of hydrogen-bond acceptors (Lipinski definition) is 4. The van der Waals surface area contributed by atoms with Gasteiger partial charge < -0.3 is 20.1 Å². The molecule has 32 heavy (non-hydrogen) atoms. The van der Waals surface area contributed by atoms with Gasteiger partial charge in [-0.15, -0.1) is 0 Å². The maximum atomic E-state index is 14.6. The van der Waals surface area contributed by atoms with Crippen LogP contribution in [0.2, 0.25) is 19.6 Å². The first-order valence-electron chi connectivity index (χ1n) is 9.99. The second-order valence-corrected chi connectivity index (χ2v) is 13.2. The number of nitrogens with one attached hydrogen (secondary N) is 2. The molecule has 0 aliphatic rings. The van der Waals surface area contributed by atoms with Crippen molar-refractivity contribution in [2.45, 2.75) is 32.3 Å². The van der Waals surface area contributed by atoms with Crippen LogP contribution in [0.25, 0.3) is 0 Å². The third-order valence-corrected chi connectivity index (χ3v) is 6.52. The predicted octanol–water partition coefficient (Wildman–Crippen LogP) is 4.25. The molecule has 0 radical (unpaired) electrons. The highest BCUT2D eigenvalue weighted by molar-refractivity contribution is 6.88. The summed E-state index contributed by atoms with van der Waals surface area (Å²) < 4.78 is 39.1. The van der Waals surface area contributed by atoms with Crippen molar-refractivity contribution in [3.8, 4) is 0 Å². The first-order chi connectivity index (χ1) is 15.1. The van der Waals surface area contributed by atoms with Gasteiger partial charge in [-0.2, -0.15) is 0 Å². The summed E-state index contributed by atoms with van der Waals surface area (Å²) in [6.45, 7) is 9.29. The number of amides is 2. The molecule has 2 amide bonds. The molecule has 172 valence electrons. The van der Waals surface area contributed by atoms with Crippen LogP contribution in [0.4, 0.5) is 19.3 Å². The Bertz CT molecular complexity index is 952. The van der Waals surface area contributed by atoms with E-state index in [9.17, 15) is 18.4 Å². The number of carbonyl (C=O) groups excluding carboxylic acids is 2. The van der Waals surface area contributed by atoms with Crippen LogP contribution >= 0.6 is 0 Å². The Hall–Kier alpha value is -3.04. The van der Waals surface area contributed by atoms with Gasteiger partial charge in [0.2, 0.25) is 0 Å². The van der Waals surface area contributed by atoms with E-state index in [4.69, 9.17) is 9.47 Å². The lowest BCUT2D eigenvalue weighted by Gasteiger charge is -2.21. The molecule has 0 bridgehead atoms. The number of carbonyl (C=O) groups is 2. The van der Waals surface area contributed by atoms with Gasteiger partial charge in [0.1, 0.15) is 24.3 Å². The summed E-state index contributed by atoms with van der Waals surface area (Å²) in [6, 6.07) is 7.82. The zero-order valence-corrected chi connectivity index (χ0v) is 19.6. The zero-order chi connectivity index (χ0) is 23.9. The summed E-state index contributed by atoms with van der Waals surface area (Å²) in [5.41, 5.74) is 1.28. The van der Waals surface area contributed by atoms with Crippen molar-refractivity contribution in [2.24, 2.45) is 0 Å². The zero-order valence-electron chi connectivity index (χ0n) is 18.6. The molecule has 2 aromatic rings. The number of ether oxygens (including phenoxy) is 2. The van der Waals surface area contributed by atoms with E-state index in [1.807, 2.05) is 19.6 Å². The maximum Gasteiger partial charge on any atom is 0.408 e. The van der Waals surface area contributed by atoms with Gasteiger partial charge in [0.15, 0.2) is 0 Å². The van der Waals surface area contributed by atoms with Gasteiger partial charge in [0.25, 0.3) is 5.91 Å². The third-order valence-electron chi connectivity index (χ3n) is 4.54. The molecule has 2 aromatic carbocycles. The van der Waals surface area contributed by atoms with Crippen molar-refractivity contribution >= 4 is 30.9 Å². The fourth-order valence-electron chi connectivity index (χ4n) is 3.14. The number of alkyl carbamates (subject to hydrolysis) is 1. The van der Waals surface area contributed by atoms with E-state index in [2.05, 4.69) is 17.2 Å². The fourth-order valence-corrected chi connectivity index (χ4v) is 4.72. The highest BCUT2D eigenvalue weighted by atomic mass is 28.3. The maximum absolute atomic E-state index is 14.6. The molecular weight excluding hydrogens is 434 g/mol. The Morgan fingerprint density at radius 1 is 1.12 bits per heavy atom. The topological polar surface area (TPSA) is 76.7 Å². The molecule has 2 rings (SSSR count). The number of anilines is 1. The molecule has 1 atom stereocenters. The Morgan fingerprint density at radius 2 is 1.72 bits per heavy atom. The molecule has 0 aliphatic heterocycles. The van der Waals surface area contributed by atoms with E-state index in [1.54, 1.807) is 31.4 Å². The largest absolute Gasteiger partial charge is 0.445 e. The molecule has 9 heteroatoms. The molecule has 0 saturated carbocycles. The van der Waals surface area contributed by atoms with Crippen LogP contribution in [0.3, 0.4) is 0 Å². The van der Waals surface area contributed by atoms with Gasteiger partial charge >= 0.3 is 6.09 Å².